The van der Waals surface area contributed by atoms with E-state index in [0.717, 1.165) is 11.1 Å². The molecule has 5 rings (SSSR count). The number of carbonyl (C=O) groups is 2. The maximum atomic E-state index is 13.5. The Labute approximate surface area is 232 Å². The summed E-state index contributed by atoms with van der Waals surface area (Å²) >= 11 is 0. The maximum Gasteiger partial charge on any atom is 0.300 e. The maximum absolute atomic E-state index is 13.5. The van der Waals surface area contributed by atoms with Crippen molar-refractivity contribution in [2.45, 2.75) is 19.6 Å². The number of para-hydroxylation sites is 1. The van der Waals surface area contributed by atoms with Crippen LogP contribution >= 0.6 is 0 Å². The highest BCUT2D eigenvalue weighted by Crippen LogP contribution is 2.45. The van der Waals surface area contributed by atoms with Gasteiger partial charge in [-0.15, -0.1) is 0 Å². The summed E-state index contributed by atoms with van der Waals surface area (Å²) in [5.41, 5.74) is 3.47. The van der Waals surface area contributed by atoms with E-state index in [1.807, 2.05) is 37.3 Å². The van der Waals surface area contributed by atoms with Crippen LogP contribution in [0.25, 0.3) is 5.76 Å². The van der Waals surface area contributed by atoms with Crippen LogP contribution in [0.15, 0.2) is 103 Å². The number of nitriles is 1. The van der Waals surface area contributed by atoms with Crippen LogP contribution in [0.4, 0.5) is 5.69 Å². The quantitative estimate of drug-likeness (QED) is 0.177. The number of anilines is 1. The number of carbonyl (C=O) groups excluding carboxylic acids is 2. The zero-order valence-electron chi connectivity index (χ0n) is 22.0. The van der Waals surface area contributed by atoms with Crippen LogP contribution in [-0.4, -0.2) is 23.9 Å². The predicted molar refractivity (Wildman–Crippen MR) is 151 cm³/mol. The standard InChI is InChI=1S/C33H26N2O5/c1-21-18-24(14-17-27(21)40-20-23-8-4-3-5-9-23)31(36)29-30(26-10-6-7-11-28(26)39-2)35(33(38)32(29)37)25-15-12-22(19-34)13-16-25/h3-18,30,36H,20H2,1-2H3/b31-29+. The van der Waals surface area contributed by atoms with Gasteiger partial charge in [0.1, 0.15) is 23.9 Å². The number of aliphatic hydroxyl groups is 1. The minimum atomic E-state index is -0.960. The van der Waals surface area contributed by atoms with Crippen LogP contribution in [0.2, 0.25) is 0 Å². The van der Waals surface area contributed by atoms with E-state index >= 15 is 0 Å². The second-order valence-electron chi connectivity index (χ2n) is 9.32. The average Bonchev–Trinajstić information content (AvgIpc) is 3.26. The highest BCUT2D eigenvalue weighted by molar-refractivity contribution is 6.51. The van der Waals surface area contributed by atoms with Gasteiger partial charge in [-0.25, -0.2) is 0 Å². The molecule has 1 atom stereocenters. The number of ketones is 1. The first-order valence-electron chi connectivity index (χ1n) is 12.6. The number of aliphatic hydroxyl groups excluding tert-OH is 1. The molecule has 0 radical (unpaired) electrons. The summed E-state index contributed by atoms with van der Waals surface area (Å²) in [6, 6.07) is 29.4. The van der Waals surface area contributed by atoms with Gasteiger partial charge in [-0.2, -0.15) is 5.26 Å². The topological polar surface area (TPSA) is 99.9 Å². The van der Waals surface area contributed by atoms with E-state index < -0.39 is 17.7 Å². The summed E-state index contributed by atoms with van der Waals surface area (Å²) < 4.78 is 11.5. The number of hydrogen-bond acceptors (Lipinski definition) is 6. The van der Waals surface area contributed by atoms with Crippen molar-refractivity contribution in [2.75, 3.05) is 12.0 Å². The molecule has 7 nitrogen and oxygen atoms in total. The number of methoxy groups -OCH3 is 1. The van der Waals surface area contributed by atoms with Crippen LogP contribution < -0.4 is 14.4 Å². The Morgan fingerprint density at radius 1 is 0.925 bits per heavy atom. The highest BCUT2D eigenvalue weighted by Gasteiger charge is 2.47. The lowest BCUT2D eigenvalue weighted by Gasteiger charge is -2.26. The normalized spacial score (nSPS) is 16.0. The van der Waals surface area contributed by atoms with Gasteiger partial charge in [-0.05, 0) is 66.6 Å². The Morgan fingerprint density at radius 2 is 1.62 bits per heavy atom. The summed E-state index contributed by atoms with van der Waals surface area (Å²) in [7, 11) is 1.50. The number of Topliss-reactive ketones (excluding diaryl/α,β-unsaturated/α-hetero) is 1. The second kappa shape index (κ2) is 11.2. The molecule has 1 saturated heterocycles. The highest BCUT2D eigenvalue weighted by atomic mass is 16.5. The van der Waals surface area contributed by atoms with E-state index in [9.17, 15) is 20.0 Å². The van der Waals surface area contributed by atoms with Crippen LogP contribution in [-0.2, 0) is 16.2 Å². The van der Waals surface area contributed by atoms with E-state index in [0.29, 0.717) is 40.5 Å². The molecule has 198 valence electrons. The van der Waals surface area contributed by atoms with E-state index in [4.69, 9.17) is 9.47 Å². The largest absolute Gasteiger partial charge is 0.507 e. The number of rotatable bonds is 7. The van der Waals surface area contributed by atoms with Crippen LogP contribution in [0.3, 0.4) is 0 Å². The molecule has 1 amide bonds. The van der Waals surface area contributed by atoms with Gasteiger partial charge in [0.25, 0.3) is 11.7 Å². The molecule has 1 fully saturated rings. The summed E-state index contributed by atoms with van der Waals surface area (Å²) in [5, 5.41) is 20.7. The fourth-order valence-electron chi connectivity index (χ4n) is 4.83. The molecule has 1 aliphatic heterocycles. The van der Waals surface area contributed by atoms with Gasteiger partial charge >= 0.3 is 0 Å². The minimum absolute atomic E-state index is 0.0591. The molecule has 7 heteroatoms. The summed E-state index contributed by atoms with van der Waals surface area (Å²) in [4.78, 5) is 28.3. The third-order valence-electron chi connectivity index (χ3n) is 6.84. The van der Waals surface area contributed by atoms with Crippen LogP contribution in [0.1, 0.15) is 33.9 Å². The first-order chi connectivity index (χ1) is 19.4. The summed E-state index contributed by atoms with van der Waals surface area (Å²) in [6.45, 7) is 2.24. The van der Waals surface area contributed by atoms with Gasteiger partial charge in [0, 0.05) is 16.8 Å². The molecular formula is C33H26N2O5. The molecule has 4 aromatic rings. The van der Waals surface area contributed by atoms with Gasteiger partial charge in [-0.3, -0.25) is 14.5 Å². The number of amides is 1. The van der Waals surface area contributed by atoms with Gasteiger partial charge in [-0.1, -0.05) is 48.5 Å². The fourth-order valence-corrected chi connectivity index (χ4v) is 4.83. The first kappa shape index (κ1) is 26.3. The number of aryl methyl sites for hydroxylation is 1. The van der Waals surface area contributed by atoms with Crippen molar-refractivity contribution in [1.29, 1.82) is 5.26 Å². The number of hydrogen-bond donors (Lipinski definition) is 1. The molecule has 1 unspecified atom stereocenters. The smallest absolute Gasteiger partial charge is 0.300 e. The summed E-state index contributed by atoms with van der Waals surface area (Å²) in [6.07, 6.45) is 0. The second-order valence-corrected chi connectivity index (χ2v) is 9.32. The molecule has 4 aromatic carbocycles. The van der Waals surface area contributed by atoms with E-state index in [-0.39, 0.29) is 11.3 Å². The average molecular weight is 531 g/mol. The Morgan fingerprint density at radius 3 is 2.30 bits per heavy atom. The lowest BCUT2D eigenvalue weighted by molar-refractivity contribution is -0.132. The van der Waals surface area contributed by atoms with Crippen molar-refractivity contribution in [3.63, 3.8) is 0 Å². The van der Waals surface area contributed by atoms with Crippen molar-refractivity contribution >= 4 is 23.1 Å². The van der Waals surface area contributed by atoms with Crippen molar-refractivity contribution in [3.05, 3.63) is 130 Å². The molecular weight excluding hydrogens is 504 g/mol. The molecule has 0 saturated carbocycles. The molecule has 1 aliphatic rings. The predicted octanol–water partition coefficient (Wildman–Crippen LogP) is 6.08. The molecule has 0 spiro atoms. The van der Waals surface area contributed by atoms with Crippen molar-refractivity contribution in [1.82, 2.24) is 0 Å². The molecule has 0 aromatic heterocycles. The molecule has 0 bridgehead atoms. The monoisotopic (exact) mass is 530 g/mol. The third-order valence-corrected chi connectivity index (χ3v) is 6.84. The van der Waals surface area contributed by atoms with Crippen LogP contribution in [0.5, 0.6) is 11.5 Å². The molecule has 1 N–H and O–H groups in total. The lowest BCUT2D eigenvalue weighted by atomic mass is 9.94. The van der Waals surface area contributed by atoms with Crippen molar-refractivity contribution in [2.24, 2.45) is 0 Å². The SMILES string of the molecule is COc1ccccc1C1/C(=C(\O)c2ccc(OCc3ccccc3)c(C)c2)C(=O)C(=O)N1c1ccc(C#N)cc1. The third kappa shape index (κ3) is 4.91. The minimum Gasteiger partial charge on any atom is -0.507 e. The van der Waals surface area contributed by atoms with Crippen molar-refractivity contribution in [3.8, 4) is 17.6 Å². The van der Waals surface area contributed by atoms with E-state index in [2.05, 4.69) is 6.07 Å². The van der Waals surface area contributed by atoms with Gasteiger partial charge in [0.15, 0.2) is 0 Å². The Balaban J connectivity index is 1.59. The Bertz CT molecular complexity index is 1650. The number of nitrogens with zero attached hydrogens (tertiary/aromatic N) is 2. The number of benzene rings is 4. The molecule has 40 heavy (non-hydrogen) atoms. The van der Waals surface area contributed by atoms with Gasteiger partial charge in [0.05, 0.1) is 30.4 Å². The Kier molecular flexibility index (Phi) is 7.34. The lowest BCUT2D eigenvalue weighted by Crippen LogP contribution is -2.29. The summed E-state index contributed by atoms with van der Waals surface area (Å²) in [5.74, 6) is -0.816. The number of ether oxygens (including phenoxy) is 2. The zero-order valence-corrected chi connectivity index (χ0v) is 22.0. The van der Waals surface area contributed by atoms with Crippen LogP contribution in [0, 0.1) is 18.3 Å². The Hall–Kier alpha value is -5.35. The fraction of sp³-hybridized carbons (Fsp3) is 0.121. The van der Waals surface area contributed by atoms with Gasteiger partial charge < -0.3 is 14.6 Å². The van der Waals surface area contributed by atoms with Gasteiger partial charge in [0.2, 0.25) is 0 Å². The van der Waals surface area contributed by atoms with E-state index in [1.54, 1.807) is 66.7 Å². The molecule has 1 heterocycles. The van der Waals surface area contributed by atoms with Crippen molar-refractivity contribution < 1.29 is 24.2 Å². The van der Waals surface area contributed by atoms with E-state index in [1.165, 1.54) is 12.0 Å². The zero-order chi connectivity index (χ0) is 28.2. The molecule has 0 aliphatic carbocycles. The first-order valence-corrected chi connectivity index (χ1v) is 12.6.